The van der Waals surface area contributed by atoms with E-state index in [0.29, 0.717) is 0 Å². The molecule has 0 bridgehead atoms. The first-order valence-corrected chi connectivity index (χ1v) is 5.25. The van der Waals surface area contributed by atoms with E-state index in [4.69, 9.17) is 5.26 Å². The van der Waals surface area contributed by atoms with Gasteiger partial charge in [0.2, 0.25) is 0 Å². The summed E-state index contributed by atoms with van der Waals surface area (Å²) in [5.41, 5.74) is -0.0690. The van der Waals surface area contributed by atoms with E-state index in [1.54, 1.807) is 6.07 Å². The summed E-state index contributed by atoms with van der Waals surface area (Å²) in [6.45, 7) is -1.65. The molecule has 0 saturated heterocycles. The quantitative estimate of drug-likeness (QED) is 0.788. The van der Waals surface area contributed by atoms with E-state index in [2.05, 4.69) is 20.7 Å². The summed E-state index contributed by atoms with van der Waals surface area (Å²) in [7, 11) is 0. The first-order chi connectivity index (χ1) is 8.29. The van der Waals surface area contributed by atoms with Crippen molar-refractivity contribution in [3.05, 3.63) is 28.0 Å². The van der Waals surface area contributed by atoms with Gasteiger partial charge in [0.15, 0.2) is 18.2 Å². The van der Waals surface area contributed by atoms with Crippen LogP contribution in [-0.2, 0) is 0 Å². The molecule has 1 aromatic carbocycles. The van der Waals surface area contributed by atoms with Gasteiger partial charge in [-0.05, 0) is 28.1 Å². The van der Waals surface area contributed by atoms with Crippen molar-refractivity contribution in [2.24, 2.45) is 0 Å². The van der Waals surface area contributed by atoms with Gasteiger partial charge in [-0.3, -0.25) is 0 Å². The van der Waals surface area contributed by atoms with Gasteiger partial charge < -0.3 is 4.74 Å². The van der Waals surface area contributed by atoms with E-state index >= 15 is 0 Å². The van der Waals surface area contributed by atoms with Crippen LogP contribution in [0.3, 0.4) is 0 Å². The highest BCUT2D eigenvalue weighted by Gasteiger charge is 2.42. The Morgan fingerprint density at radius 3 is 2.50 bits per heavy atom. The van der Waals surface area contributed by atoms with Crippen LogP contribution in [0.4, 0.5) is 22.0 Å². The van der Waals surface area contributed by atoms with E-state index in [9.17, 15) is 22.0 Å². The minimum atomic E-state index is -4.37. The van der Waals surface area contributed by atoms with E-state index < -0.39 is 30.5 Å². The average Bonchev–Trinajstić information content (AvgIpc) is 2.31. The highest BCUT2D eigenvalue weighted by atomic mass is 79.9. The normalized spacial score (nSPS) is 11.4. The fourth-order valence-corrected chi connectivity index (χ4v) is 1.38. The number of benzene rings is 1. The van der Waals surface area contributed by atoms with Gasteiger partial charge in [0, 0.05) is 0 Å². The molecule has 2 nitrogen and oxygen atoms in total. The summed E-state index contributed by atoms with van der Waals surface area (Å²) < 4.78 is 66.3. The first kappa shape index (κ1) is 14.7. The summed E-state index contributed by atoms with van der Waals surface area (Å²) in [4.78, 5) is 0. The molecule has 0 N–H and O–H groups in total. The van der Waals surface area contributed by atoms with Crippen LogP contribution in [0.2, 0.25) is 0 Å². The zero-order valence-electron chi connectivity index (χ0n) is 8.56. The van der Waals surface area contributed by atoms with Crippen molar-refractivity contribution in [3.63, 3.8) is 0 Å². The summed E-state index contributed by atoms with van der Waals surface area (Å²) in [6, 6.07) is 3.67. The molecule has 0 radical (unpaired) electrons. The lowest BCUT2D eigenvalue weighted by Crippen LogP contribution is -2.33. The molecule has 0 aliphatic carbocycles. The summed E-state index contributed by atoms with van der Waals surface area (Å²) in [5, 5.41) is 8.56. The molecule has 0 amide bonds. The maximum absolute atomic E-state index is 13.5. The lowest BCUT2D eigenvalue weighted by atomic mass is 10.2. The molecular weight excluding hydrogens is 325 g/mol. The predicted octanol–water partition coefficient (Wildman–Crippen LogP) is 3.74. The smallest absolute Gasteiger partial charge is 0.340 e. The molecule has 0 spiro atoms. The van der Waals surface area contributed by atoms with Gasteiger partial charge >= 0.3 is 12.3 Å². The molecule has 0 aliphatic rings. The Morgan fingerprint density at radius 1 is 1.39 bits per heavy atom. The van der Waals surface area contributed by atoms with Crippen molar-refractivity contribution in [2.45, 2.75) is 12.3 Å². The SMILES string of the molecule is N#Cc1ccc(OCC(F)(F)C(F)F)c(F)c1Br. The van der Waals surface area contributed by atoms with Crippen LogP contribution in [-0.4, -0.2) is 19.0 Å². The maximum atomic E-state index is 13.5. The number of nitrogens with zero attached hydrogens (tertiary/aromatic N) is 1. The van der Waals surface area contributed by atoms with Crippen LogP contribution in [0.5, 0.6) is 5.75 Å². The molecule has 8 heteroatoms. The number of alkyl halides is 4. The number of hydrogen-bond acceptors (Lipinski definition) is 2. The molecule has 0 fully saturated rings. The highest BCUT2D eigenvalue weighted by molar-refractivity contribution is 9.10. The summed E-state index contributed by atoms with van der Waals surface area (Å²) >= 11 is 2.73. The third-order valence-corrected chi connectivity index (χ3v) is 2.68. The second-order valence-corrected chi connectivity index (χ2v) is 3.99. The van der Waals surface area contributed by atoms with Crippen LogP contribution >= 0.6 is 15.9 Å². The zero-order chi connectivity index (χ0) is 13.9. The molecule has 1 rings (SSSR count). The topological polar surface area (TPSA) is 33.0 Å². The van der Waals surface area contributed by atoms with Crippen molar-refractivity contribution >= 4 is 15.9 Å². The second-order valence-electron chi connectivity index (χ2n) is 3.20. The largest absolute Gasteiger partial charge is 0.484 e. The number of halogens is 6. The van der Waals surface area contributed by atoms with Gasteiger partial charge in [0.1, 0.15) is 6.07 Å². The van der Waals surface area contributed by atoms with E-state index in [1.807, 2.05) is 0 Å². The number of hydrogen-bond donors (Lipinski definition) is 0. The first-order valence-electron chi connectivity index (χ1n) is 4.46. The van der Waals surface area contributed by atoms with Crippen LogP contribution in [0.25, 0.3) is 0 Å². The summed E-state index contributed by atoms with van der Waals surface area (Å²) in [6.07, 6.45) is -3.90. The van der Waals surface area contributed by atoms with Crippen molar-refractivity contribution in [2.75, 3.05) is 6.61 Å². The van der Waals surface area contributed by atoms with Gasteiger partial charge in [0.25, 0.3) is 0 Å². The minimum absolute atomic E-state index is 0.0690. The Labute approximate surface area is 107 Å². The molecule has 18 heavy (non-hydrogen) atoms. The Balaban J connectivity index is 2.88. The van der Waals surface area contributed by atoms with Crippen LogP contribution in [0.15, 0.2) is 16.6 Å². The molecule has 0 saturated carbocycles. The molecule has 0 heterocycles. The molecule has 0 unspecified atom stereocenters. The molecule has 1 aromatic rings. The Morgan fingerprint density at radius 2 is 2.00 bits per heavy atom. The third-order valence-electron chi connectivity index (χ3n) is 1.91. The second kappa shape index (κ2) is 5.52. The van der Waals surface area contributed by atoms with Gasteiger partial charge in [-0.25, -0.2) is 13.2 Å². The van der Waals surface area contributed by atoms with Gasteiger partial charge in [-0.15, -0.1) is 0 Å². The van der Waals surface area contributed by atoms with Gasteiger partial charge in [0.05, 0.1) is 10.0 Å². The van der Waals surface area contributed by atoms with Gasteiger partial charge in [-0.2, -0.15) is 14.0 Å². The van der Waals surface area contributed by atoms with Crippen molar-refractivity contribution in [3.8, 4) is 11.8 Å². The van der Waals surface area contributed by atoms with Crippen LogP contribution in [0, 0.1) is 17.1 Å². The van der Waals surface area contributed by atoms with Gasteiger partial charge in [-0.1, -0.05) is 0 Å². The Hall–Kier alpha value is -1.36. The van der Waals surface area contributed by atoms with E-state index in [1.165, 1.54) is 0 Å². The zero-order valence-corrected chi connectivity index (χ0v) is 10.1. The fourth-order valence-electron chi connectivity index (χ4n) is 0.967. The monoisotopic (exact) mass is 329 g/mol. The number of ether oxygens (including phenoxy) is 1. The average molecular weight is 330 g/mol. The maximum Gasteiger partial charge on any atom is 0.340 e. The van der Waals surface area contributed by atoms with Crippen LogP contribution < -0.4 is 4.74 Å². The van der Waals surface area contributed by atoms with Crippen molar-refractivity contribution < 1.29 is 26.7 Å². The minimum Gasteiger partial charge on any atom is -0.484 e. The van der Waals surface area contributed by atoms with E-state index in [0.717, 1.165) is 12.1 Å². The highest BCUT2D eigenvalue weighted by Crippen LogP contribution is 2.30. The lowest BCUT2D eigenvalue weighted by molar-refractivity contribution is -0.148. The summed E-state index contributed by atoms with van der Waals surface area (Å²) in [5.74, 6) is -6.10. The Bertz CT molecular complexity index is 486. The lowest BCUT2D eigenvalue weighted by Gasteiger charge is -2.16. The molecule has 0 aliphatic heterocycles. The van der Waals surface area contributed by atoms with Crippen LogP contribution in [0.1, 0.15) is 5.56 Å². The molecule has 98 valence electrons. The number of rotatable bonds is 4. The van der Waals surface area contributed by atoms with Crippen molar-refractivity contribution in [1.82, 2.24) is 0 Å². The predicted molar refractivity (Wildman–Crippen MR) is 55.3 cm³/mol. The standard InChI is InChI=1S/C10H5BrF5NO/c11-7-5(3-17)1-2-6(8(7)12)18-4-10(15,16)9(13)14/h1-2,9H,4H2. The Kier molecular flexibility index (Phi) is 4.51. The molecule has 0 atom stereocenters. The fraction of sp³-hybridized carbons (Fsp3) is 0.300. The number of nitriles is 1. The van der Waals surface area contributed by atoms with Crippen molar-refractivity contribution in [1.29, 1.82) is 5.26 Å². The molecular formula is C10H5BrF5NO. The molecule has 0 aromatic heterocycles. The third kappa shape index (κ3) is 3.10. The van der Waals surface area contributed by atoms with E-state index in [-0.39, 0.29) is 10.0 Å².